The lowest BCUT2D eigenvalue weighted by Crippen LogP contribution is -2.24. The highest BCUT2D eigenvalue weighted by atomic mass is 32.1. The Morgan fingerprint density at radius 1 is 1.10 bits per heavy atom. The summed E-state index contributed by atoms with van der Waals surface area (Å²) in [6.07, 6.45) is 0. The van der Waals surface area contributed by atoms with Gasteiger partial charge < -0.3 is 5.32 Å². The van der Waals surface area contributed by atoms with Crippen LogP contribution >= 0.6 is 11.3 Å². The molecule has 0 aliphatic heterocycles. The summed E-state index contributed by atoms with van der Waals surface area (Å²) in [5.41, 5.74) is 1.05. The van der Waals surface area contributed by atoms with Gasteiger partial charge in [0.25, 0.3) is 0 Å². The highest BCUT2D eigenvalue weighted by molar-refractivity contribution is 7.11. The molecule has 0 saturated carbocycles. The maximum Gasteiger partial charge on any atom is 0.130 e. The van der Waals surface area contributed by atoms with Crippen LogP contribution in [0.2, 0.25) is 0 Å². The Morgan fingerprint density at radius 2 is 1.70 bits per heavy atom. The van der Waals surface area contributed by atoms with Gasteiger partial charge in [-0.1, -0.05) is 6.07 Å². The third kappa shape index (κ3) is 3.04. The van der Waals surface area contributed by atoms with E-state index in [4.69, 9.17) is 0 Å². The second-order valence-electron chi connectivity index (χ2n) is 4.93. The number of benzene rings is 1. The predicted molar refractivity (Wildman–Crippen MR) is 77.9 cm³/mol. The summed E-state index contributed by atoms with van der Waals surface area (Å²) >= 11 is 1.61. The van der Waals surface area contributed by atoms with E-state index in [-0.39, 0.29) is 11.6 Å². The van der Waals surface area contributed by atoms with Gasteiger partial charge in [0, 0.05) is 22.5 Å². The molecule has 1 aromatic carbocycles. The van der Waals surface area contributed by atoms with Crippen molar-refractivity contribution in [1.29, 1.82) is 0 Å². The van der Waals surface area contributed by atoms with Crippen LogP contribution in [0.4, 0.5) is 8.78 Å². The van der Waals surface area contributed by atoms with Crippen molar-refractivity contribution in [3.63, 3.8) is 0 Å². The molecule has 0 fully saturated rings. The van der Waals surface area contributed by atoms with E-state index in [2.05, 4.69) is 10.3 Å². The van der Waals surface area contributed by atoms with E-state index < -0.39 is 17.7 Å². The molecule has 2 rings (SSSR count). The van der Waals surface area contributed by atoms with E-state index in [9.17, 15) is 8.78 Å². The number of hydrogen-bond donors (Lipinski definition) is 1. The van der Waals surface area contributed by atoms with Gasteiger partial charge in [-0.2, -0.15) is 0 Å². The van der Waals surface area contributed by atoms with Gasteiger partial charge in [0.15, 0.2) is 0 Å². The molecule has 2 nitrogen and oxygen atoms in total. The van der Waals surface area contributed by atoms with Crippen LogP contribution in [0.5, 0.6) is 0 Å². The van der Waals surface area contributed by atoms with E-state index in [1.807, 2.05) is 20.8 Å². The van der Waals surface area contributed by atoms with Crippen LogP contribution in [-0.2, 0) is 0 Å². The summed E-state index contributed by atoms with van der Waals surface area (Å²) < 4.78 is 27.5. The number of aromatic nitrogens is 1. The smallest absolute Gasteiger partial charge is 0.130 e. The fraction of sp³-hybridized carbons (Fsp3) is 0.400. The number of rotatable bonds is 4. The zero-order chi connectivity index (χ0) is 14.9. The van der Waals surface area contributed by atoms with Crippen LogP contribution in [0.25, 0.3) is 0 Å². The molecule has 0 spiro atoms. The first-order valence-electron chi connectivity index (χ1n) is 6.54. The number of nitrogens with one attached hydrogen (secondary N) is 1. The van der Waals surface area contributed by atoms with Crippen molar-refractivity contribution in [3.05, 3.63) is 51.0 Å². The van der Waals surface area contributed by atoms with Crippen LogP contribution in [0.3, 0.4) is 0 Å². The van der Waals surface area contributed by atoms with Crippen molar-refractivity contribution in [2.45, 2.75) is 39.8 Å². The molecule has 2 atom stereocenters. The standard InChI is InChI=1S/C15H18F2N2S/c1-8(14-12(16)6-5-7-13(14)17)18-9(2)15-10(3)19-11(4)20-15/h5-9,18H,1-4H3. The van der Waals surface area contributed by atoms with Crippen molar-refractivity contribution in [2.75, 3.05) is 0 Å². The maximum absolute atomic E-state index is 13.7. The van der Waals surface area contributed by atoms with Crippen molar-refractivity contribution in [3.8, 4) is 0 Å². The lowest BCUT2D eigenvalue weighted by molar-refractivity contribution is 0.452. The minimum absolute atomic E-state index is 0.00444. The number of thiazole rings is 1. The molecule has 0 saturated heterocycles. The van der Waals surface area contributed by atoms with E-state index in [1.54, 1.807) is 18.3 Å². The van der Waals surface area contributed by atoms with Crippen molar-refractivity contribution >= 4 is 11.3 Å². The summed E-state index contributed by atoms with van der Waals surface area (Å²) in [6, 6.07) is 3.52. The van der Waals surface area contributed by atoms with E-state index in [1.165, 1.54) is 18.2 Å². The van der Waals surface area contributed by atoms with Gasteiger partial charge in [-0.3, -0.25) is 0 Å². The molecule has 1 N–H and O–H groups in total. The molecule has 0 aliphatic rings. The lowest BCUT2D eigenvalue weighted by Gasteiger charge is -2.20. The molecule has 0 radical (unpaired) electrons. The minimum Gasteiger partial charge on any atom is -0.303 e. The number of halogens is 2. The zero-order valence-electron chi connectivity index (χ0n) is 12.0. The Kier molecular flexibility index (Phi) is 4.50. The molecular weight excluding hydrogens is 278 g/mol. The Hall–Kier alpha value is -1.33. The van der Waals surface area contributed by atoms with Crippen LogP contribution < -0.4 is 5.32 Å². The number of aryl methyl sites for hydroxylation is 2. The normalized spacial score (nSPS) is 14.3. The quantitative estimate of drug-likeness (QED) is 0.901. The van der Waals surface area contributed by atoms with Crippen LogP contribution in [-0.4, -0.2) is 4.98 Å². The molecule has 0 bridgehead atoms. The Labute approximate surface area is 121 Å². The second-order valence-corrected chi connectivity index (χ2v) is 6.16. The van der Waals surface area contributed by atoms with Gasteiger partial charge in [0.1, 0.15) is 11.6 Å². The second kappa shape index (κ2) is 5.97. The third-order valence-corrected chi connectivity index (χ3v) is 4.52. The van der Waals surface area contributed by atoms with E-state index in [0.717, 1.165) is 15.6 Å². The average Bonchev–Trinajstić information content (AvgIpc) is 2.68. The SMILES string of the molecule is Cc1nc(C)c(C(C)NC(C)c2c(F)cccc2F)s1. The lowest BCUT2D eigenvalue weighted by atomic mass is 10.1. The van der Waals surface area contributed by atoms with Gasteiger partial charge in [0.05, 0.1) is 10.7 Å². The summed E-state index contributed by atoms with van der Waals surface area (Å²) in [5, 5.41) is 4.23. The Bertz CT molecular complexity index is 590. The van der Waals surface area contributed by atoms with Crippen molar-refractivity contribution < 1.29 is 8.78 Å². The minimum atomic E-state index is -0.519. The molecule has 20 heavy (non-hydrogen) atoms. The van der Waals surface area contributed by atoms with Gasteiger partial charge in [0.2, 0.25) is 0 Å². The highest BCUT2D eigenvalue weighted by Crippen LogP contribution is 2.28. The molecule has 1 heterocycles. The number of nitrogens with zero attached hydrogens (tertiary/aromatic N) is 1. The Balaban J connectivity index is 2.19. The first-order chi connectivity index (χ1) is 9.40. The first-order valence-corrected chi connectivity index (χ1v) is 7.35. The maximum atomic E-state index is 13.7. The van der Waals surface area contributed by atoms with E-state index in [0.29, 0.717) is 0 Å². The molecule has 2 aromatic rings. The molecule has 108 valence electrons. The fourth-order valence-corrected chi connectivity index (χ4v) is 3.35. The summed E-state index contributed by atoms with van der Waals surface area (Å²) in [5.74, 6) is -1.04. The topological polar surface area (TPSA) is 24.9 Å². The van der Waals surface area contributed by atoms with Crippen LogP contribution in [0.15, 0.2) is 18.2 Å². The number of hydrogen-bond acceptors (Lipinski definition) is 3. The highest BCUT2D eigenvalue weighted by Gasteiger charge is 2.20. The molecule has 1 aromatic heterocycles. The van der Waals surface area contributed by atoms with Crippen LogP contribution in [0, 0.1) is 25.5 Å². The summed E-state index contributed by atoms with van der Waals surface area (Å²) in [4.78, 5) is 5.48. The average molecular weight is 296 g/mol. The molecule has 0 amide bonds. The van der Waals surface area contributed by atoms with Gasteiger partial charge in [-0.15, -0.1) is 11.3 Å². The first kappa shape index (κ1) is 15.1. The van der Waals surface area contributed by atoms with Crippen LogP contribution in [0.1, 0.15) is 47.1 Å². The predicted octanol–water partition coefficient (Wildman–Crippen LogP) is 4.45. The molecule has 0 aliphatic carbocycles. The van der Waals surface area contributed by atoms with Crippen molar-refractivity contribution in [1.82, 2.24) is 10.3 Å². The molecule has 5 heteroatoms. The van der Waals surface area contributed by atoms with E-state index >= 15 is 0 Å². The largest absolute Gasteiger partial charge is 0.303 e. The van der Waals surface area contributed by atoms with Gasteiger partial charge in [-0.05, 0) is 39.8 Å². The zero-order valence-corrected chi connectivity index (χ0v) is 12.8. The van der Waals surface area contributed by atoms with Gasteiger partial charge >= 0.3 is 0 Å². The van der Waals surface area contributed by atoms with Gasteiger partial charge in [-0.25, -0.2) is 13.8 Å². The Morgan fingerprint density at radius 3 is 2.20 bits per heavy atom. The monoisotopic (exact) mass is 296 g/mol. The molecule has 2 unspecified atom stereocenters. The summed E-state index contributed by atoms with van der Waals surface area (Å²) in [6.45, 7) is 7.65. The van der Waals surface area contributed by atoms with Crippen molar-refractivity contribution in [2.24, 2.45) is 0 Å². The molecular formula is C15H18F2N2S. The fourth-order valence-electron chi connectivity index (χ4n) is 2.41. The summed E-state index contributed by atoms with van der Waals surface area (Å²) in [7, 11) is 0. The third-order valence-electron chi connectivity index (χ3n) is 3.27.